The first-order valence-corrected chi connectivity index (χ1v) is 7.76. The first kappa shape index (κ1) is 16.5. The van der Waals surface area contributed by atoms with Crippen molar-refractivity contribution in [1.82, 2.24) is 10.6 Å². The summed E-state index contributed by atoms with van der Waals surface area (Å²) in [6.45, 7) is 0.321. The lowest BCUT2D eigenvalue weighted by Gasteiger charge is -2.07. The van der Waals surface area contributed by atoms with Gasteiger partial charge in [0, 0.05) is 21.6 Å². The summed E-state index contributed by atoms with van der Waals surface area (Å²) in [5.74, 6) is -0.541. The van der Waals surface area contributed by atoms with Crippen molar-refractivity contribution in [3.05, 3.63) is 69.2 Å². The van der Waals surface area contributed by atoms with Crippen molar-refractivity contribution in [1.29, 1.82) is 0 Å². The van der Waals surface area contributed by atoms with E-state index in [-0.39, 0.29) is 18.4 Å². The monoisotopic (exact) mass is 380 g/mol. The van der Waals surface area contributed by atoms with E-state index in [1.807, 2.05) is 18.2 Å². The van der Waals surface area contributed by atoms with Gasteiger partial charge in [0.1, 0.15) is 0 Å². The van der Waals surface area contributed by atoms with Crippen molar-refractivity contribution >= 4 is 39.3 Å². The van der Waals surface area contributed by atoms with Gasteiger partial charge in [0.25, 0.3) is 5.91 Å². The van der Waals surface area contributed by atoms with Gasteiger partial charge in [-0.2, -0.15) is 0 Å². The molecule has 0 bridgehead atoms. The molecule has 0 aliphatic rings. The molecule has 0 aliphatic carbocycles. The number of hydrogen-bond acceptors (Lipinski definition) is 2. The quantitative estimate of drug-likeness (QED) is 0.836. The van der Waals surface area contributed by atoms with Gasteiger partial charge >= 0.3 is 0 Å². The molecule has 22 heavy (non-hydrogen) atoms. The topological polar surface area (TPSA) is 58.2 Å². The lowest BCUT2D eigenvalue weighted by molar-refractivity contribution is -0.120. The van der Waals surface area contributed by atoms with E-state index in [1.165, 1.54) is 0 Å². The minimum Gasteiger partial charge on any atom is -0.350 e. The van der Waals surface area contributed by atoms with Crippen molar-refractivity contribution in [2.75, 3.05) is 6.54 Å². The van der Waals surface area contributed by atoms with E-state index in [0.717, 1.165) is 10.0 Å². The normalized spacial score (nSPS) is 10.1. The number of carbonyl (C=O) groups is 2. The van der Waals surface area contributed by atoms with Gasteiger partial charge < -0.3 is 10.6 Å². The number of rotatable bonds is 5. The van der Waals surface area contributed by atoms with Crippen LogP contribution >= 0.6 is 27.5 Å². The highest BCUT2D eigenvalue weighted by Crippen LogP contribution is 2.11. The van der Waals surface area contributed by atoms with Gasteiger partial charge in [0.15, 0.2) is 0 Å². The predicted octanol–water partition coefficient (Wildman–Crippen LogP) is 3.15. The molecule has 6 heteroatoms. The Kier molecular flexibility index (Phi) is 5.98. The fourth-order valence-electron chi connectivity index (χ4n) is 1.76. The van der Waals surface area contributed by atoms with E-state index < -0.39 is 0 Å². The molecule has 2 rings (SSSR count). The Morgan fingerprint density at radius 3 is 2.45 bits per heavy atom. The van der Waals surface area contributed by atoms with Crippen LogP contribution in [0.25, 0.3) is 0 Å². The Hall–Kier alpha value is -1.85. The maximum absolute atomic E-state index is 11.9. The third kappa shape index (κ3) is 5.16. The first-order valence-electron chi connectivity index (χ1n) is 6.59. The molecule has 0 radical (unpaired) electrons. The van der Waals surface area contributed by atoms with E-state index in [0.29, 0.717) is 17.1 Å². The van der Waals surface area contributed by atoms with Crippen LogP contribution < -0.4 is 10.6 Å². The largest absolute Gasteiger partial charge is 0.350 e. The highest BCUT2D eigenvalue weighted by atomic mass is 79.9. The number of halogens is 2. The summed E-state index contributed by atoms with van der Waals surface area (Å²) in [5, 5.41) is 5.96. The fraction of sp³-hybridized carbons (Fsp3) is 0.125. The molecule has 114 valence electrons. The molecular weight excluding hydrogens is 368 g/mol. The Morgan fingerprint density at radius 1 is 1.05 bits per heavy atom. The Morgan fingerprint density at radius 2 is 1.77 bits per heavy atom. The molecule has 2 aromatic rings. The zero-order valence-electron chi connectivity index (χ0n) is 11.6. The number of carbonyl (C=O) groups excluding carboxylic acids is 2. The summed E-state index contributed by atoms with van der Waals surface area (Å²) in [4.78, 5) is 23.6. The van der Waals surface area contributed by atoms with Gasteiger partial charge in [-0.1, -0.05) is 45.7 Å². The second-order valence-electron chi connectivity index (χ2n) is 4.60. The summed E-state index contributed by atoms with van der Waals surface area (Å²) in [6.07, 6.45) is 0. The molecule has 0 fully saturated rings. The molecule has 0 unspecified atom stereocenters. The van der Waals surface area contributed by atoms with Gasteiger partial charge in [-0.3, -0.25) is 9.59 Å². The third-order valence-electron chi connectivity index (χ3n) is 2.90. The SMILES string of the molecule is O=C(CNC(=O)c1cccc(Br)c1)NCc1ccc(Cl)cc1. The average molecular weight is 382 g/mol. The van der Waals surface area contributed by atoms with Crippen LogP contribution in [0.4, 0.5) is 0 Å². The molecular formula is C16H14BrClN2O2. The van der Waals surface area contributed by atoms with E-state index in [1.54, 1.807) is 30.3 Å². The Balaban J connectivity index is 1.78. The standard InChI is InChI=1S/C16H14BrClN2O2/c17-13-3-1-2-12(8-13)16(22)20-10-15(21)19-9-11-4-6-14(18)7-5-11/h1-8H,9-10H2,(H,19,21)(H,20,22). The van der Waals surface area contributed by atoms with Crippen molar-refractivity contribution < 1.29 is 9.59 Å². The van der Waals surface area contributed by atoms with Crippen LogP contribution in [0.1, 0.15) is 15.9 Å². The van der Waals surface area contributed by atoms with Gasteiger partial charge in [-0.05, 0) is 35.9 Å². The predicted molar refractivity (Wildman–Crippen MR) is 89.8 cm³/mol. The second-order valence-corrected chi connectivity index (χ2v) is 5.95. The molecule has 0 atom stereocenters. The minimum absolute atomic E-state index is 0.0705. The molecule has 2 N–H and O–H groups in total. The Labute approximate surface area is 142 Å². The van der Waals surface area contributed by atoms with Crippen molar-refractivity contribution in [2.24, 2.45) is 0 Å². The van der Waals surface area contributed by atoms with Gasteiger partial charge in [-0.15, -0.1) is 0 Å². The molecule has 2 aromatic carbocycles. The minimum atomic E-state index is -0.289. The molecule has 2 amide bonds. The highest BCUT2D eigenvalue weighted by Gasteiger charge is 2.08. The van der Waals surface area contributed by atoms with Crippen LogP contribution in [0.2, 0.25) is 5.02 Å². The van der Waals surface area contributed by atoms with Gasteiger partial charge in [0.2, 0.25) is 5.91 Å². The molecule has 0 heterocycles. The van der Waals surface area contributed by atoms with Gasteiger partial charge in [0.05, 0.1) is 6.54 Å². The maximum Gasteiger partial charge on any atom is 0.251 e. The lowest BCUT2D eigenvalue weighted by Crippen LogP contribution is -2.36. The maximum atomic E-state index is 11.9. The summed E-state index contributed by atoms with van der Waals surface area (Å²) >= 11 is 9.09. The molecule has 0 spiro atoms. The van der Waals surface area contributed by atoms with E-state index in [2.05, 4.69) is 26.6 Å². The number of amides is 2. The number of hydrogen-bond donors (Lipinski definition) is 2. The number of benzene rings is 2. The molecule has 0 aromatic heterocycles. The van der Waals surface area contributed by atoms with Crippen LogP contribution in [0.15, 0.2) is 53.0 Å². The van der Waals surface area contributed by atoms with Crippen LogP contribution in [0.5, 0.6) is 0 Å². The fourth-order valence-corrected chi connectivity index (χ4v) is 2.28. The zero-order chi connectivity index (χ0) is 15.9. The van der Waals surface area contributed by atoms with Crippen LogP contribution in [0.3, 0.4) is 0 Å². The molecule has 0 saturated carbocycles. The number of nitrogens with one attached hydrogen (secondary N) is 2. The molecule has 0 aliphatic heterocycles. The molecule has 0 saturated heterocycles. The third-order valence-corrected chi connectivity index (χ3v) is 3.64. The zero-order valence-corrected chi connectivity index (χ0v) is 13.9. The summed E-state index contributed by atoms with van der Waals surface area (Å²) < 4.78 is 0.812. The Bertz CT molecular complexity index is 674. The highest BCUT2D eigenvalue weighted by molar-refractivity contribution is 9.10. The van der Waals surface area contributed by atoms with E-state index in [9.17, 15) is 9.59 Å². The summed E-state index contributed by atoms with van der Waals surface area (Å²) in [5.41, 5.74) is 1.44. The van der Waals surface area contributed by atoms with Crippen molar-refractivity contribution in [3.8, 4) is 0 Å². The molecule has 4 nitrogen and oxygen atoms in total. The van der Waals surface area contributed by atoms with E-state index in [4.69, 9.17) is 11.6 Å². The summed E-state index contributed by atoms with van der Waals surface area (Å²) in [7, 11) is 0. The summed E-state index contributed by atoms with van der Waals surface area (Å²) in [6, 6.07) is 14.2. The van der Waals surface area contributed by atoms with Crippen molar-refractivity contribution in [2.45, 2.75) is 6.54 Å². The second kappa shape index (κ2) is 7.96. The average Bonchev–Trinajstić information content (AvgIpc) is 2.52. The van der Waals surface area contributed by atoms with E-state index >= 15 is 0 Å². The van der Waals surface area contributed by atoms with Crippen LogP contribution in [0, 0.1) is 0 Å². The van der Waals surface area contributed by atoms with Crippen LogP contribution in [-0.2, 0) is 11.3 Å². The first-order chi connectivity index (χ1) is 10.5. The van der Waals surface area contributed by atoms with Crippen LogP contribution in [-0.4, -0.2) is 18.4 Å². The van der Waals surface area contributed by atoms with Crippen molar-refractivity contribution in [3.63, 3.8) is 0 Å². The lowest BCUT2D eigenvalue weighted by atomic mass is 10.2. The smallest absolute Gasteiger partial charge is 0.251 e. The van der Waals surface area contributed by atoms with Gasteiger partial charge in [-0.25, -0.2) is 0 Å².